The molecule has 2 N–H and O–H groups in total. The fraction of sp³-hybridized carbons (Fsp3) is 0.391. The molecule has 2 aromatic carbocycles. The summed E-state index contributed by atoms with van der Waals surface area (Å²) in [5.41, 5.74) is 1.94. The van der Waals surface area contributed by atoms with Crippen molar-refractivity contribution in [2.45, 2.75) is 37.6 Å². The van der Waals surface area contributed by atoms with E-state index < -0.39 is 10.0 Å². The fourth-order valence-corrected chi connectivity index (χ4v) is 4.82. The molecule has 3 aromatic rings. The number of amides is 1. The van der Waals surface area contributed by atoms with Gasteiger partial charge in [0.2, 0.25) is 15.9 Å². The first-order valence-corrected chi connectivity index (χ1v) is 12.6. The monoisotopic (exact) mass is 473 g/mol. The number of fused-ring (bicyclic) bond motifs is 1. The van der Waals surface area contributed by atoms with E-state index in [0.29, 0.717) is 50.2 Å². The number of benzene rings is 2. The number of hydrogen-bond donors (Lipinski definition) is 1. The molecular weight excluding hydrogens is 445 g/mol. The minimum Gasteiger partial charge on any atom is -0.366 e. The van der Waals surface area contributed by atoms with Crippen molar-refractivity contribution >= 4 is 32.7 Å². The van der Waals surface area contributed by atoms with E-state index in [2.05, 4.69) is 11.9 Å². The third kappa shape index (κ3) is 5.01. The molecule has 0 unspecified atom stereocenters. The number of halogens is 1. The topological polar surface area (TPSA) is 102 Å². The number of hydrogen-bond acceptors (Lipinski definition) is 5. The molecule has 2 heterocycles. The molecular formula is C23H28FN5O3S. The van der Waals surface area contributed by atoms with Gasteiger partial charge in [0.25, 0.3) is 0 Å². The zero-order valence-electron chi connectivity index (χ0n) is 18.6. The predicted octanol–water partition coefficient (Wildman–Crippen LogP) is 2.51. The number of aromatic nitrogens is 2. The smallest absolute Gasteiger partial charge is 0.238 e. The van der Waals surface area contributed by atoms with Gasteiger partial charge in [0, 0.05) is 45.6 Å². The maximum atomic E-state index is 14.0. The molecule has 8 nitrogen and oxygen atoms in total. The first-order valence-electron chi connectivity index (χ1n) is 11.1. The zero-order valence-corrected chi connectivity index (χ0v) is 19.4. The summed E-state index contributed by atoms with van der Waals surface area (Å²) >= 11 is 0. The van der Waals surface area contributed by atoms with Crippen molar-refractivity contribution in [1.29, 1.82) is 0 Å². The van der Waals surface area contributed by atoms with Crippen molar-refractivity contribution in [1.82, 2.24) is 14.5 Å². The van der Waals surface area contributed by atoms with E-state index in [1.54, 1.807) is 18.2 Å². The van der Waals surface area contributed by atoms with Crippen molar-refractivity contribution < 1.29 is 17.6 Å². The van der Waals surface area contributed by atoms with E-state index in [-0.39, 0.29) is 16.6 Å². The fourth-order valence-electron chi connectivity index (χ4n) is 4.28. The molecule has 1 fully saturated rings. The Labute approximate surface area is 192 Å². The van der Waals surface area contributed by atoms with Gasteiger partial charge in [-0.3, -0.25) is 4.79 Å². The average molecular weight is 474 g/mol. The normalized spacial score (nSPS) is 14.8. The van der Waals surface area contributed by atoms with Gasteiger partial charge < -0.3 is 14.4 Å². The van der Waals surface area contributed by atoms with Crippen LogP contribution in [-0.4, -0.2) is 55.0 Å². The molecule has 176 valence electrons. The van der Waals surface area contributed by atoms with Crippen LogP contribution in [0, 0.1) is 5.82 Å². The molecule has 0 spiro atoms. The molecule has 33 heavy (non-hydrogen) atoms. The number of primary sulfonamides is 1. The molecule has 0 bridgehead atoms. The summed E-state index contributed by atoms with van der Waals surface area (Å²) in [5.74, 6) is 0.526. The van der Waals surface area contributed by atoms with Crippen molar-refractivity contribution in [3.8, 4) is 0 Å². The van der Waals surface area contributed by atoms with Crippen molar-refractivity contribution in [2.75, 3.05) is 31.1 Å². The van der Waals surface area contributed by atoms with Gasteiger partial charge in [-0.25, -0.2) is 22.9 Å². The Morgan fingerprint density at radius 1 is 1.12 bits per heavy atom. The molecule has 4 rings (SSSR count). The molecule has 1 aliphatic rings. The summed E-state index contributed by atoms with van der Waals surface area (Å²) in [6, 6.07) is 11.3. The highest BCUT2D eigenvalue weighted by atomic mass is 32.2. The van der Waals surface area contributed by atoms with Crippen molar-refractivity contribution in [3.05, 3.63) is 54.1 Å². The van der Waals surface area contributed by atoms with Crippen LogP contribution in [0.3, 0.4) is 0 Å². The maximum absolute atomic E-state index is 14.0. The number of sulfonamides is 1. The first kappa shape index (κ1) is 23.2. The average Bonchev–Trinajstić information content (AvgIpc) is 3.14. The van der Waals surface area contributed by atoms with E-state index in [0.717, 1.165) is 24.3 Å². The van der Waals surface area contributed by atoms with Crippen LogP contribution < -0.4 is 10.0 Å². The Bertz CT molecular complexity index is 1270. The molecule has 0 radical (unpaired) electrons. The number of aryl methyl sites for hydroxylation is 2. The van der Waals surface area contributed by atoms with Gasteiger partial charge in [0.15, 0.2) is 0 Å². The SMILES string of the molecule is CCCn1c(CCC(=O)N2CCN(c3ccccc3F)CC2)nc2cc(S(N)(=O)=O)ccc21. The minimum atomic E-state index is -3.82. The van der Waals surface area contributed by atoms with Crippen LogP contribution in [0.15, 0.2) is 47.4 Å². The van der Waals surface area contributed by atoms with Crippen LogP contribution >= 0.6 is 0 Å². The molecule has 0 atom stereocenters. The molecule has 1 aromatic heterocycles. The third-order valence-electron chi connectivity index (χ3n) is 5.96. The van der Waals surface area contributed by atoms with E-state index >= 15 is 0 Å². The number of carbonyl (C=O) groups is 1. The van der Waals surface area contributed by atoms with Gasteiger partial charge in [-0.15, -0.1) is 0 Å². The van der Waals surface area contributed by atoms with Crippen LogP contribution in [-0.2, 0) is 27.8 Å². The van der Waals surface area contributed by atoms with Crippen LogP contribution in [0.4, 0.5) is 10.1 Å². The number of para-hydroxylation sites is 1. The summed E-state index contributed by atoms with van der Waals surface area (Å²) < 4.78 is 39.4. The number of carbonyl (C=O) groups excluding carboxylic acids is 1. The summed E-state index contributed by atoms with van der Waals surface area (Å²) in [6.07, 6.45) is 1.63. The van der Waals surface area contributed by atoms with Gasteiger partial charge in [-0.2, -0.15) is 0 Å². The highest BCUT2D eigenvalue weighted by Gasteiger charge is 2.23. The summed E-state index contributed by atoms with van der Waals surface area (Å²) in [7, 11) is -3.82. The lowest BCUT2D eigenvalue weighted by Crippen LogP contribution is -2.49. The van der Waals surface area contributed by atoms with E-state index in [1.165, 1.54) is 18.2 Å². The lowest BCUT2D eigenvalue weighted by molar-refractivity contribution is -0.131. The molecule has 1 amide bonds. The minimum absolute atomic E-state index is 0.0199. The van der Waals surface area contributed by atoms with Crippen molar-refractivity contribution in [2.24, 2.45) is 5.14 Å². The van der Waals surface area contributed by atoms with E-state index in [4.69, 9.17) is 5.14 Å². The maximum Gasteiger partial charge on any atom is 0.238 e. The number of nitrogens with zero attached hydrogens (tertiary/aromatic N) is 4. The van der Waals surface area contributed by atoms with E-state index in [1.807, 2.05) is 20.4 Å². The quantitative estimate of drug-likeness (QED) is 0.568. The Hall–Kier alpha value is -2.98. The lowest BCUT2D eigenvalue weighted by atomic mass is 10.2. The molecule has 0 aliphatic carbocycles. The second kappa shape index (κ2) is 9.48. The van der Waals surface area contributed by atoms with Gasteiger partial charge >= 0.3 is 0 Å². The Morgan fingerprint density at radius 3 is 2.52 bits per heavy atom. The van der Waals surface area contributed by atoms with Gasteiger partial charge in [0.1, 0.15) is 11.6 Å². The molecule has 1 saturated heterocycles. The van der Waals surface area contributed by atoms with Gasteiger partial charge in [-0.1, -0.05) is 19.1 Å². The number of nitrogens with two attached hydrogens (primary N) is 1. The van der Waals surface area contributed by atoms with Gasteiger partial charge in [0.05, 0.1) is 21.6 Å². The Balaban J connectivity index is 1.43. The summed E-state index contributed by atoms with van der Waals surface area (Å²) in [5, 5.41) is 5.25. The van der Waals surface area contributed by atoms with Crippen molar-refractivity contribution in [3.63, 3.8) is 0 Å². The first-order chi connectivity index (χ1) is 15.8. The van der Waals surface area contributed by atoms with Crippen LogP contribution in [0.25, 0.3) is 11.0 Å². The number of anilines is 1. The van der Waals surface area contributed by atoms with Crippen LogP contribution in [0.1, 0.15) is 25.6 Å². The van der Waals surface area contributed by atoms with Crippen LogP contribution in [0.2, 0.25) is 0 Å². The highest BCUT2D eigenvalue weighted by Crippen LogP contribution is 2.23. The molecule has 0 saturated carbocycles. The zero-order chi connectivity index (χ0) is 23.6. The summed E-state index contributed by atoms with van der Waals surface area (Å²) in [4.78, 5) is 21.2. The Kier molecular flexibility index (Phi) is 6.66. The largest absolute Gasteiger partial charge is 0.366 e. The van der Waals surface area contributed by atoms with Crippen LogP contribution in [0.5, 0.6) is 0 Å². The second-order valence-electron chi connectivity index (χ2n) is 8.19. The molecule has 10 heteroatoms. The molecule has 1 aliphatic heterocycles. The third-order valence-corrected chi connectivity index (χ3v) is 6.87. The number of piperazine rings is 1. The lowest BCUT2D eigenvalue weighted by Gasteiger charge is -2.36. The standard InChI is InChI=1S/C23H28FN5O3S/c1-2-11-29-21-8-7-17(33(25,31)32)16-19(21)26-22(29)9-10-23(30)28-14-12-27(13-15-28)20-6-4-3-5-18(20)24/h3-8,16H,2,9-15H2,1H3,(H2,25,31,32). The summed E-state index contributed by atoms with van der Waals surface area (Å²) in [6.45, 7) is 5.01. The number of rotatable bonds is 7. The van der Waals surface area contributed by atoms with Gasteiger partial charge in [-0.05, 0) is 36.8 Å². The predicted molar refractivity (Wildman–Crippen MR) is 125 cm³/mol. The second-order valence-corrected chi connectivity index (χ2v) is 9.76. The Morgan fingerprint density at radius 2 is 1.85 bits per heavy atom. The number of imidazole rings is 1. The highest BCUT2D eigenvalue weighted by molar-refractivity contribution is 7.89. The van der Waals surface area contributed by atoms with E-state index in [9.17, 15) is 17.6 Å².